The molecule has 2 aromatic carbocycles. The fraction of sp³-hybridized carbons (Fsp3) is 0.167. The zero-order valence-electron chi connectivity index (χ0n) is 14.4. The Morgan fingerprint density at radius 3 is 2.67 bits per heavy atom. The second-order valence-corrected chi connectivity index (χ2v) is 5.66. The van der Waals surface area contributed by atoms with Crippen LogP contribution in [0, 0.1) is 17.0 Å². The Labute approximate surface area is 154 Å². The number of nitro groups is 1. The molecule has 1 aromatic heterocycles. The Bertz CT molecular complexity index is 952. The number of benzene rings is 2. The lowest BCUT2D eigenvalue weighted by molar-refractivity contribution is -0.385. The third-order valence-electron chi connectivity index (χ3n) is 3.62. The topological polar surface area (TPSA) is 120 Å². The molecule has 9 nitrogen and oxygen atoms in total. The molecule has 0 bridgehead atoms. The van der Waals surface area contributed by atoms with Crippen LogP contribution in [0.3, 0.4) is 0 Å². The van der Waals surface area contributed by atoms with E-state index in [2.05, 4.69) is 15.5 Å². The normalized spacial score (nSPS) is 10.4. The molecule has 27 heavy (non-hydrogen) atoms. The molecule has 3 aromatic rings. The van der Waals surface area contributed by atoms with Gasteiger partial charge in [0.25, 0.3) is 5.91 Å². The minimum absolute atomic E-state index is 0.0251. The summed E-state index contributed by atoms with van der Waals surface area (Å²) in [7, 11) is 0. The highest BCUT2D eigenvalue weighted by Gasteiger charge is 2.15. The van der Waals surface area contributed by atoms with Crippen LogP contribution in [0.15, 0.2) is 52.9 Å². The lowest BCUT2D eigenvalue weighted by atomic mass is 10.1. The largest absolute Gasteiger partial charge is 0.477 e. The van der Waals surface area contributed by atoms with Crippen LogP contribution < -0.4 is 10.1 Å². The fourth-order valence-corrected chi connectivity index (χ4v) is 2.24. The van der Waals surface area contributed by atoms with Crippen molar-refractivity contribution < 1.29 is 18.9 Å². The first kappa shape index (κ1) is 18.1. The molecular formula is C18H16N4O5. The Morgan fingerprint density at radius 1 is 1.19 bits per heavy atom. The van der Waals surface area contributed by atoms with Gasteiger partial charge in [-0.2, -0.15) is 0 Å². The molecule has 0 aliphatic rings. The molecule has 0 saturated carbocycles. The molecule has 0 fully saturated rings. The number of hydrogen-bond acceptors (Lipinski definition) is 7. The first-order valence-electron chi connectivity index (χ1n) is 8.05. The van der Waals surface area contributed by atoms with E-state index in [1.54, 1.807) is 6.07 Å². The number of aryl methyl sites for hydroxylation is 1. The maximum absolute atomic E-state index is 11.9. The Balaban J connectivity index is 1.53. The van der Waals surface area contributed by atoms with Gasteiger partial charge < -0.3 is 14.5 Å². The van der Waals surface area contributed by atoms with Gasteiger partial charge in [-0.25, -0.2) is 0 Å². The van der Waals surface area contributed by atoms with E-state index in [4.69, 9.17) is 9.15 Å². The maximum atomic E-state index is 11.9. The average Bonchev–Trinajstić information content (AvgIpc) is 3.14. The molecule has 0 saturated heterocycles. The molecule has 9 heteroatoms. The van der Waals surface area contributed by atoms with Gasteiger partial charge in [-0.05, 0) is 25.1 Å². The summed E-state index contributed by atoms with van der Waals surface area (Å²) in [5, 5.41) is 21.3. The summed E-state index contributed by atoms with van der Waals surface area (Å²) in [6.45, 7) is 1.63. The first-order chi connectivity index (χ1) is 13.0. The van der Waals surface area contributed by atoms with Crippen LogP contribution in [0.1, 0.15) is 11.5 Å². The van der Waals surface area contributed by atoms with Gasteiger partial charge in [0, 0.05) is 11.6 Å². The standard InChI is InChI=1S/C18H16N4O5/c1-12-6-8-13(9-7-12)18-21-20-17(27-18)10-19-16(23)11-26-15-5-3-2-4-14(15)22(24)25/h2-9H,10-11H2,1H3,(H,19,23). The summed E-state index contributed by atoms with van der Waals surface area (Å²) < 4.78 is 10.7. The van der Waals surface area contributed by atoms with E-state index in [1.165, 1.54) is 18.2 Å². The molecule has 0 spiro atoms. The van der Waals surface area contributed by atoms with E-state index in [0.29, 0.717) is 5.89 Å². The Hall–Kier alpha value is -3.75. The number of ether oxygens (including phenoxy) is 1. The Kier molecular flexibility index (Phi) is 5.41. The van der Waals surface area contributed by atoms with E-state index in [-0.39, 0.29) is 30.5 Å². The summed E-state index contributed by atoms with van der Waals surface area (Å²) >= 11 is 0. The molecule has 1 N–H and O–H groups in total. The van der Waals surface area contributed by atoms with Crippen molar-refractivity contribution in [3.05, 3.63) is 70.1 Å². The van der Waals surface area contributed by atoms with Crippen molar-refractivity contribution >= 4 is 11.6 Å². The predicted octanol–water partition coefficient (Wildman–Crippen LogP) is 2.65. The van der Waals surface area contributed by atoms with E-state index in [1.807, 2.05) is 31.2 Å². The van der Waals surface area contributed by atoms with Gasteiger partial charge in [0.15, 0.2) is 12.4 Å². The maximum Gasteiger partial charge on any atom is 0.310 e. The summed E-state index contributed by atoms with van der Waals surface area (Å²) in [5.41, 5.74) is 1.69. The first-order valence-corrected chi connectivity index (χ1v) is 8.05. The molecule has 3 rings (SSSR count). The summed E-state index contributed by atoms with van der Waals surface area (Å²) in [5.74, 6) is 0.153. The smallest absolute Gasteiger partial charge is 0.310 e. The molecule has 0 radical (unpaired) electrons. The number of nitrogens with one attached hydrogen (secondary N) is 1. The van der Waals surface area contributed by atoms with Crippen LogP contribution in [0.5, 0.6) is 5.75 Å². The molecule has 0 aliphatic heterocycles. The highest BCUT2D eigenvalue weighted by atomic mass is 16.6. The van der Waals surface area contributed by atoms with Crippen molar-refractivity contribution in [1.82, 2.24) is 15.5 Å². The van der Waals surface area contributed by atoms with Crippen molar-refractivity contribution in [1.29, 1.82) is 0 Å². The lowest BCUT2D eigenvalue weighted by Gasteiger charge is -2.06. The van der Waals surface area contributed by atoms with Crippen molar-refractivity contribution in [2.24, 2.45) is 0 Å². The number of hydrogen-bond donors (Lipinski definition) is 1. The highest BCUT2D eigenvalue weighted by Crippen LogP contribution is 2.25. The zero-order valence-corrected chi connectivity index (χ0v) is 14.4. The second-order valence-electron chi connectivity index (χ2n) is 5.66. The SMILES string of the molecule is Cc1ccc(-c2nnc(CNC(=O)COc3ccccc3[N+](=O)[O-])o2)cc1. The number of aromatic nitrogens is 2. The minimum Gasteiger partial charge on any atom is -0.477 e. The molecule has 138 valence electrons. The average molecular weight is 368 g/mol. The number of carbonyl (C=O) groups is 1. The van der Waals surface area contributed by atoms with Gasteiger partial charge in [0.1, 0.15) is 0 Å². The van der Waals surface area contributed by atoms with Gasteiger partial charge in [-0.1, -0.05) is 29.8 Å². The molecule has 0 atom stereocenters. The van der Waals surface area contributed by atoms with E-state index in [9.17, 15) is 14.9 Å². The van der Waals surface area contributed by atoms with E-state index < -0.39 is 10.8 Å². The number of carbonyl (C=O) groups excluding carboxylic acids is 1. The van der Waals surface area contributed by atoms with Crippen LogP contribution in [0.25, 0.3) is 11.5 Å². The highest BCUT2D eigenvalue weighted by molar-refractivity contribution is 5.77. The lowest BCUT2D eigenvalue weighted by Crippen LogP contribution is -2.28. The third-order valence-corrected chi connectivity index (χ3v) is 3.62. The van der Waals surface area contributed by atoms with Crippen LogP contribution in [-0.2, 0) is 11.3 Å². The minimum atomic E-state index is -0.571. The monoisotopic (exact) mass is 368 g/mol. The van der Waals surface area contributed by atoms with Crippen molar-refractivity contribution in [2.45, 2.75) is 13.5 Å². The summed E-state index contributed by atoms with van der Waals surface area (Å²) in [4.78, 5) is 22.2. The van der Waals surface area contributed by atoms with Gasteiger partial charge >= 0.3 is 5.69 Å². The van der Waals surface area contributed by atoms with Crippen molar-refractivity contribution in [3.8, 4) is 17.2 Å². The number of rotatable bonds is 7. The third kappa shape index (κ3) is 4.66. The number of nitrogens with zero attached hydrogens (tertiary/aromatic N) is 3. The molecule has 1 heterocycles. The van der Waals surface area contributed by atoms with Crippen molar-refractivity contribution in [3.63, 3.8) is 0 Å². The van der Waals surface area contributed by atoms with Gasteiger partial charge in [0.05, 0.1) is 11.5 Å². The predicted molar refractivity (Wildman–Crippen MR) is 94.9 cm³/mol. The molecule has 0 aliphatic carbocycles. The van der Waals surface area contributed by atoms with Gasteiger partial charge in [-0.15, -0.1) is 10.2 Å². The van der Waals surface area contributed by atoms with E-state index in [0.717, 1.165) is 11.1 Å². The fourth-order valence-electron chi connectivity index (χ4n) is 2.24. The van der Waals surface area contributed by atoms with Gasteiger partial charge in [0.2, 0.25) is 11.8 Å². The number of amides is 1. The van der Waals surface area contributed by atoms with E-state index >= 15 is 0 Å². The Morgan fingerprint density at radius 2 is 1.93 bits per heavy atom. The summed E-state index contributed by atoms with van der Waals surface area (Å²) in [6, 6.07) is 13.4. The zero-order chi connectivity index (χ0) is 19.2. The van der Waals surface area contributed by atoms with Crippen LogP contribution in [0.2, 0.25) is 0 Å². The second kappa shape index (κ2) is 8.09. The van der Waals surface area contributed by atoms with Gasteiger partial charge in [-0.3, -0.25) is 14.9 Å². The molecule has 0 unspecified atom stereocenters. The molecule has 1 amide bonds. The van der Waals surface area contributed by atoms with Crippen LogP contribution in [-0.4, -0.2) is 27.6 Å². The van der Waals surface area contributed by atoms with Crippen LogP contribution >= 0.6 is 0 Å². The number of nitro benzene ring substituents is 1. The van der Waals surface area contributed by atoms with Crippen LogP contribution in [0.4, 0.5) is 5.69 Å². The summed E-state index contributed by atoms with van der Waals surface area (Å²) in [6.07, 6.45) is 0. The van der Waals surface area contributed by atoms with Crippen molar-refractivity contribution in [2.75, 3.05) is 6.61 Å². The quantitative estimate of drug-likeness (QED) is 0.503. The number of para-hydroxylation sites is 2. The molecular weight excluding hydrogens is 352 g/mol.